The summed E-state index contributed by atoms with van der Waals surface area (Å²) in [5.41, 5.74) is -1.15. The fourth-order valence-corrected chi connectivity index (χ4v) is 7.21. The minimum absolute atomic E-state index is 0.0181. The number of allylic oxidation sites excluding steroid dienone is 1. The van der Waals surface area contributed by atoms with Gasteiger partial charge in [-0.05, 0) is 49.2 Å². The first-order valence-corrected chi connectivity index (χ1v) is 11.4. The minimum Gasteiger partial charge on any atom is -0.458 e. The number of rotatable bonds is 5. The van der Waals surface area contributed by atoms with Crippen molar-refractivity contribution in [1.82, 2.24) is 0 Å². The molecule has 0 radical (unpaired) electrons. The summed E-state index contributed by atoms with van der Waals surface area (Å²) < 4.78 is 6.10. The second-order valence-electron chi connectivity index (χ2n) is 10.9. The van der Waals surface area contributed by atoms with Crippen molar-refractivity contribution in [2.75, 3.05) is 6.61 Å². The fraction of sp³-hybridized carbons (Fsp3) is 0.720. The van der Waals surface area contributed by atoms with Gasteiger partial charge in [-0.3, -0.25) is 9.59 Å². The zero-order chi connectivity index (χ0) is 22.9. The lowest BCUT2D eigenvalue weighted by atomic mass is 9.63. The van der Waals surface area contributed by atoms with E-state index in [1.807, 2.05) is 12.2 Å². The third-order valence-electron chi connectivity index (χ3n) is 8.65. The Morgan fingerprint density at radius 1 is 1.23 bits per heavy atom. The summed E-state index contributed by atoms with van der Waals surface area (Å²) in [5, 5.41) is 21.5. The predicted octanol–water partition coefficient (Wildman–Crippen LogP) is 2.76. The summed E-state index contributed by atoms with van der Waals surface area (Å²) in [5.74, 6) is -0.804. The fourth-order valence-electron chi connectivity index (χ4n) is 7.21. The number of carbonyl (C=O) groups is 3. The van der Waals surface area contributed by atoms with Crippen LogP contribution >= 0.6 is 0 Å². The molecule has 0 aromatic heterocycles. The Morgan fingerprint density at radius 2 is 1.90 bits per heavy atom. The Labute approximate surface area is 183 Å². The smallest absolute Gasteiger partial charge is 0.306 e. The topological polar surface area (TPSA) is 101 Å². The molecular weight excluding hydrogens is 396 g/mol. The largest absolute Gasteiger partial charge is 0.458 e. The molecular formula is C25H34O6. The number of ether oxygens (including phenoxy) is 1. The number of fused-ring (bicyclic) bond motifs is 5. The van der Waals surface area contributed by atoms with Gasteiger partial charge in [-0.2, -0.15) is 0 Å². The maximum Gasteiger partial charge on any atom is 0.306 e. The number of carbonyl (C=O) groups excluding carboxylic acids is 3. The lowest BCUT2D eigenvalue weighted by Gasteiger charge is -2.43. The van der Waals surface area contributed by atoms with Crippen LogP contribution in [0.4, 0.5) is 0 Å². The molecule has 2 N–H and O–H groups in total. The predicted molar refractivity (Wildman–Crippen MR) is 114 cm³/mol. The zero-order valence-electron chi connectivity index (χ0n) is 19.1. The van der Waals surface area contributed by atoms with Crippen molar-refractivity contribution < 1.29 is 29.3 Å². The van der Waals surface area contributed by atoms with Crippen molar-refractivity contribution in [2.24, 2.45) is 35.0 Å². The molecule has 1 unspecified atom stereocenters. The van der Waals surface area contributed by atoms with E-state index in [4.69, 9.17) is 4.74 Å². The molecule has 31 heavy (non-hydrogen) atoms. The van der Waals surface area contributed by atoms with Gasteiger partial charge in [0.25, 0.3) is 0 Å². The number of hydrogen-bond donors (Lipinski definition) is 2. The average molecular weight is 431 g/mol. The Hall–Kier alpha value is -1.79. The van der Waals surface area contributed by atoms with Crippen LogP contribution in [0.25, 0.3) is 0 Å². The molecule has 0 heterocycles. The molecule has 7 atom stereocenters. The van der Waals surface area contributed by atoms with Crippen molar-refractivity contribution in [3.63, 3.8) is 0 Å². The van der Waals surface area contributed by atoms with Gasteiger partial charge in [0.2, 0.25) is 0 Å². The van der Waals surface area contributed by atoms with Crippen LogP contribution in [0.3, 0.4) is 0 Å². The standard InChI is InChI=1S/C25H34O6/c1-13-8-18-20-14(2)10-25(31-19(28)7-6-15(3)27)21(23(25,4)5)17(20)9-16(12-26)11-24(18,30)22(13)29/h8-9,14,17-18,20-21,26,30H,6-7,10-12H2,1-5H3/t14-,17-,18+,20?,21+,24-,25+/m1/s1. The van der Waals surface area contributed by atoms with E-state index in [1.165, 1.54) is 6.92 Å². The molecule has 4 aliphatic rings. The highest BCUT2D eigenvalue weighted by atomic mass is 16.6. The van der Waals surface area contributed by atoms with E-state index in [9.17, 15) is 24.6 Å². The Kier molecular flexibility index (Phi) is 5.14. The van der Waals surface area contributed by atoms with Gasteiger partial charge in [-0.25, -0.2) is 0 Å². The molecule has 4 aliphatic carbocycles. The number of Topliss-reactive ketones (excluding diaryl/α,β-unsaturated/α-hetero) is 2. The molecule has 0 amide bonds. The van der Waals surface area contributed by atoms with Gasteiger partial charge in [-0.1, -0.05) is 32.9 Å². The van der Waals surface area contributed by atoms with E-state index < -0.39 is 11.2 Å². The van der Waals surface area contributed by atoms with Crippen LogP contribution in [0, 0.1) is 35.0 Å². The monoisotopic (exact) mass is 430 g/mol. The summed E-state index contributed by atoms with van der Waals surface area (Å²) in [6.07, 6.45) is 5.03. The quantitative estimate of drug-likeness (QED) is 0.514. The highest BCUT2D eigenvalue weighted by Crippen LogP contribution is 2.75. The van der Waals surface area contributed by atoms with Gasteiger partial charge >= 0.3 is 5.97 Å². The van der Waals surface area contributed by atoms with Crippen LogP contribution in [-0.2, 0) is 19.1 Å². The minimum atomic E-state index is -1.51. The average Bonchev–Trinajstić information content (AvgIpc) is 3.11. The van der Waals surface area contributed by atoms with Crippen molar-refractivity contribution in [3.05, 3.63) is 23.3 Å². The molecule has 2 saturated carbocycles. The summed E-state index contributed by atoms with van der Waals surface area (Å²) in [4.78, 5) is 36.8. The first-order valence-electron chi connectivity index (χ1n) is 11.4. The Balaban J connectivity index is 1.71. The van der Waals surface area contributed by atoms with Crippen molar-refractivity contribution in [3.8, 4) is 0 Å². The normalized spacial score (nSPS) is 42.4. The van der Waals surface area contributed by atoms with Crippen LogP contribution in [-0.4, -0.2) is 45.6 Å². The number of esters is 1. The van der Waals surface area contributed by atoms with Crippen LogP contribution in [0.5, 0.6) is 0 Å². The highest BCUT2D eigenvalue weighted by molar-refractivity contribution is 6.04. The van der Waals surface area contributed by atoms with E-state index in [2.05, 4.69) is 20.8 Å². The number of hydrogen-bond acceptors (Lipinski definition) is 6. The summed E-state index contributed by atoms with van der Waals surface area (Å²) in [6, 6.07) is 0. The Bertz CT molecular complexity index is 898. The maximum atomic E-state index is 12.9. The Morgan fingerprint density at radius 3 is 2.52 bits per heavy atom. The van der Waals surface area contributed by atoms with Crippen LogP contribution in [0.2, 0.25) is 0 Å². The van der Waals surface area contributed by atoms with E-state index in [0.717, 1.165) is 0 Å². The van der Waals surface area contributed by atoms with Crippen LogP contribution in [0.1, 0.15) is 60.3 Å². The summed E-state index contributed by atoms with van der Waals surface area (Å²) in [7, 11) is 0. The lowest BCUT2D eigenvalue weighted by Crippen LogP contribution is -2.49. The van der Waals surface area contributed by atoms with Gasteiger partial charge in [0.1, 0.15) is 17.0 Å². The molecule has 4 rings (SSSR count). The van der Waals surface area contributed by atoms with Crippen molar-refractivity contribution >= 4 is 17.5 Å². The number of aliphatic hydroxyl groups excluding tert-OH is 1. The molecule has 6 nitrogen and oxygen atoms in total. The van der Waals surface area contributed by atoms with Crippen LogP contribution < -0.4 is 0 Å². The highest BCUT2D eigenvalue weighted by Gasteiger charge is 2.80. The van der Waals surface area contributed by atoms with E-state index in [-0.39, 0.29) is 78.4 Å². The molecule has 0 bridgehead atoms. The SMILES string of the molecule is CC(=O)CCC(=O)O[C@@]12C[C@@H](C)C3[C@@H](C=C(CO)C[C@]4(O)C(=O)C(C)=C[C@@H]34)[C@H]1C2(C)C. The van der Waals surface area contributed by atoms with Crippen LogP contribution in [0.15, 0.2) is 23.3 Å². The maximum absolute atomic E-state index is 12.9. The molecule has 0 aromatic rings. The van der Waals surface area contributed by atoms with Gasteiger partial charge in [0.05, 0.1) is 13.0 Å². The number of aliphatic hydroxyl groups is 2. The van der Waals surface area contributed by atoms with E-state index >= 15 is 0 Å². The molecule has 0 aromatic carbocycles. The molecule has 6 heteroatoms. The van der Waals surface area contributed by atoms with E-state index in [0.29, 0.717) is 17.6 Å². The van der Waals surface area contributed by atoms with Gasteiger partial charge in [0, 0.05) is 30.1 Å². The van der Waals surface area contributed by atoms with Gasteiger partial charge < -0.3 is 19.7 Å². The van der Waals surface area contributed by atoms with Gasteiger partial charge in [-0.15, -0.1) is 0 Å². The number of ketones is 2. The zero-order valence-corrected chi connectivity index (χ0v) is 19.1. The molecule has 2 fully saturated rings. The molecule has 0 saturated heterocycles. The first kappa shape index (κ1) is 22.4. The van der Waals surface area contributed by atoms with Crippen molar-refractivity contribution in [1.29, 1.82) is 0 Å². The molecule has 0 spiro atoms. The molecule has 0 aliphatic heterocycles. The second kappa shape index (κ2) is 7.11. The summed E-state index contributed by atoms with van der Waals surface area (Å²) >= 11 is 0. The van der Waals surface area contributed by atoms with Crippen molar-refractivity contribution in [2.45, 2.75) is 71.5 Å². The first-order chi connectivity index (χ1) is 14.4. The second-order valence-corrected chi connectivity index (χ2v) is 10.9. The molecule has 170 valence electrons. The van der Waals surface area contributed by atoms with E-state index in [1.54, 1.807) is 6.92 Å². The van der Waals surface area contributed by atoms with Gasteiger partial charge in [0.15, 0.2) is 5.78 Å². The third kappa shape index (κ3) is 3.09. The lowest BCUT2D eigenvalue weighted by molar-refractivity contribution is -0.160. The summed E-state index contributed by atoms with van der Waals surface area (Å²) in [6.45, 7) is 9.33. The third-order valence-corrected chi connectivity index (χ3v) is 8.65.